The molecule has 2 rings (SSSR count). The monoisotopic (exact) mass is 600 g/mol. The summed E-state index contributed by atoms with van der Waals surface area (Å²) in [4.78, 5) is 0. The summed E-state index contributed by atoms with van der Waals surface area (Å²) < 4.78 is 14.4. The quantitative estimate of drug-likeness (QED) is 0.362. The number of hydrogen-bond donors (Lipinski definition) is 0. The van der Waals surface area contributed by atoms with Crippen molar-refractivity contribution in [3.05, 3.63) is 48.2 Å². The summed E-state index contributed by atoms with van der Waals surface area (Å²) in [6.07, 6.45) is 4.41. The summed E-state index contributed by atoms with van der Waals surface area (Å²) in [5.74, 6) is 0. The molecule has 0 saturated carbocycles. The first-order valence-electron chi connectivity index (χ1n) is 4.87. The minimum atomic E-state index is 0. The van der Waals surface area contributed by atoms with Crippen molar-refractivity contribution >= 4 is 8.46 Å². The molecular formula is C13H19O2PWY2-2. The predicted octanol–water partition coefficient (Wildman–Crippen LogP) is 3.90. The van der Waals surface area contributed by atoms with Crippen LogP contribution in [0.3, 0.4) is 0 Å². The molecule has 1 aliphatic heterocycles. The van der Waals surface area contributed by atoms with Crippen LogP contribution in [0.2, 0.25) is 0 Å². The van der Waals surface area contributed by atoms with Gasteiger partial charge in [0, 0.05) is 99.8 Å². The third-order valence-electron chi connectivity index (χ3n) is 2.16. The van der Waals surface area contributed by atoms with Crippen molar-refractivity contribution in [1.29, 1.82) is 0 Å². The number of hydrogen-bond acceptors (Lipinski definition) is 2. The van der Waals surface area contributed by atoms with Crippen LogP contribution in [0.15, 0.2) is 24.3 Å². The average molecular weight is 600 g/mol. The maximum absolute atomic E-state index is 8.90. The van der Waals surface area contributed by atoms with Gasteiger partial charge in [-0.05, 0) is 0 Å². The third kappa shape index (κ3) is 11.3. The Morgan fingerprint density at radius 2 is 1.89 bits per heavy atom. The Morgan fingerprint density at radius 3 is 2.42 bits per heavy atom. The zero-order chi connectivity index (χ0) is 11.1. The molecule has 2 nitrogen and oxygen atoms in total. The molecule has 0 fully saturated rings. The molecule has 0 spiro atoms. The molecule has 0 amide bonds. The Morgan fingerprint density at radius 1 is 1.37 bits per heavy atom. The smallest absolute Gasteiger partial charge is 0.151 e. The standard InChI is InChI=1S/C11H12O.CH3OP.CH4.W.2Y/c1-2-11-7-9-5-3-4-6-10(9)8-12-11;1-3-2;;;;/h2-7,11H,8H2,1H3;1H3;1H4;;;/q-2;;;;;. The second kappa shape index (κ2) is 18.1. The van der Waals surface area contributed by atoms with Gasteiger partial charge < -0.3 is 11.2 Å². The van der Waals surface area contributed by atoms with Crippen molar-refractivity contribution in [1.82, 2.24) is 0 Å². The summed E-state index contributed by atoms with van der Waals surface area (Å²) >= 11 is 0. The molecule has 19 heavy (non-hydrogen) atoms. The SMILES string of the molecule is C.CP=O.C[CH-]C1[CH-]c2ccccc2CO1.[W].[Y].[Y]. The summed E-state index contributed by atoms with van der Waals surface area (Å²) in [7, 11) is 0.167. The van der Waals surface area contributed by atoms with Crippen molar-refractivity contribution in [2.45, 2.75) is 27.1 Å². The van der Waals surface area contributed by atoms with Crippen LogP contribution in [0.1, 0.15) is 25.5 Å². The van der Waals surface area contributed by atoms with Crippen LogP contribution >= 0.6 is 8.46 Å². The first kappa shape index (κ1) is 29.1. The van der Waals surface area contributed by atoms with Gasteiger partial charge in [-0.25, -0.2) is 0 Å². The third-order valence-corrected chi connectivity index (χ3v) is 2.16. The van der Waals surface area contributed by atoms with Crippen LogP contribution in [-0.4, -0.2) is 12.8 Å². The van der Waals surface area contributed by atoms with E-state index in [1.165, 1.54) is 11.1 Å². The fraction of sp³-hybridized carbons (Fsp3) is 0.385. The zero-order valence-electron chi connectivity index (χ0n) is 10.6. The maximum Gasteiger partial charge on any atom is 0.151 e. The van der Waals surface area contributed by atoms with Gasteiger partial charge in [-0.15, -0.1) is 17.7 Å². The van der Waals surface area contributed by atoms with Gasteiger partial charge in [-0.2, -0.15) is 25.0 Å². The average Bonchev–Trinajstić information content (AvgIpc) is 2.29. The zero-order valence-corrected chi connectivity index (χ0v) is 20.1. The van der Waals surface area contributed by atoms with Gasteiger partial charge in [-0.3, -0.25) is 4.57 Å². The molecule has 102 valence electrons. The summed E-state index contributed by atoms with van der Waals surface area (Å²) in [5.41, 5.74) is 2.60. The van der Waals surface area contributed by atoms with Crippen molar-refractivity contribution in [3.8, 4) is 0 Å². The molecular weight excluding hydrogens is 581 g/mol. The van der Waals surface area contributed by atoms with Crippen LogP contribution in [-0.2, 0) is 102 Å². The minimum Gasteiger partial charge on any atom is -0.425 e. The van der Waals surface area contributed by atoms with E-state index in [9.17, 15) is 0 Å². The number of ether oxygens (including phenoxy) is 1. The van der Waals surface area contributed by atoms with Crippen molar-refractivity contribution in [3.63, 3.8) is 0 Å². The van der Waals surface area contributed by atoms with E-state index >= 15 is 0 Å². The molecule has 1 unspecified atom stereocenters. The summed E-state index contributed by atoms with van der Waals surface area (Å²) in [5, 5.41) is 0. The van der Waals surface area contributed by atoms with Crippen molar-refractivity contribution < 1.29 is 95.8 Å². The number of rotatable bonds is 1. The molecule has 0 bridgehead atoms. The van der Waals surface area contributed by atoms with E-state index in [1.807, 2.05) is 13.0 Å². The summed E-state index contributed by atoms with van der Waals surface area (Å²) in [6.45, 7) is 4.30. The number of fused-ring (bicyclic) bond motifs is 1. The largest absolute Gasteiger partial charge is 0.425 e. The normalized spacial score (nSPS) is 14.5. The van der Waals surface area contributed by atoms with Crippen LogP contribution in [0.4, 0.5) is 0 Å². The molecule has 0 saturated heterocycles. The van der Waals surface area contributed by atoms with Crippen LogP contribution in [0.5, 0.6) is 0 Å². The molecule has 0 aromatic heterocycles. The van der Waals surface area contributed by atoms with Gasteiger partial charge in [0.25, 0.3) is 0 Å². The van der Waals surface area contributed by atoms with E-state index in [2.05, 4.69) is 31.0 Å². The van der Waals surface area contributed by atoms with Gasteiger partial charge in [0.05, 0.1) is 0 Å². The molecule has 1 heterocycles. The molecule has 0 aliphatic carbocycles. The molecule has 1 aromatic rings. The van der Waals surface area contributed by atoms with Crippen LogP contribution < -0.4 is 0 Å². The maximum atomic E-state index is 8.90. The predicted molar refractivity (Wildman–Crippen MR) is 68.7 cm³/mol. The van der Waals surface area contributed by atoms with E-state index < -0.39 is 0 Å². The van der Waals surface area contributed by atoms with Gasteiger partial charge in [0.1, 0.15) is 0 Å². The van der Waals surface area contributed by atoms with Crippen LogP contribution in [0, 0.1) is 12.8 Å². The second-order valence-corrected chi connectivity index (χ2v) is 3.52. The minimum absolute atomic E-state index is 0. The molecule has 2 radical (unpaired) electrons. The Kier molecular flexibility index (Phi) is 27.7. The fourth-order valence-corrected chi connectivity index (χ4v) is 1.43. The Bertz CT molecular complexity index is 327. The molecule has 1 aliphatic rings. The van der Waals surface area contributed by atoms with Gasteiger partial charge in [-0.1, -0.05) is 19.6 Å². The number of benzene rings is 1. The Hall–Kier alpha value is 2.05. The molecule has 1 aromatic carbocycles. The summed E-state index contributed by atoms with van der Waals surface area (Å²) in [6, 6.07) is 8.35. The molecule has 6 heteroatoms. The van der Waals surface area contributed by atoms with E-state index in [-0.39, 0.29) is 108 Å². The van der Waals surface area contributed by atoms with Crippen molar-refractivity contribution in [2.75, 3.05) is 6.66 Å². The van der Waals surface area contributed by atoms with Gasteiger partial charge in [0.15, 0.2) is 8.46 Å². The second-order valence-electron chi connectivity index (χ2n) is 3.16. The van der Waals surface area contributed by atoms with E-state index in [0.717, 1.165) is 6.61 Å². The van der Waals surface area contributed by atoms with E-state index in [1.54, 1.807) is 6.66 Å². The topological polar surface area (TPSA) is 26.3 Å². The first-order chi connectivity index (χ1) is 7.31. The van der Waals surface area contributed by atoms with Gasteiger partial charge >= 0.3 is 0 Å². The van der Waals surface area contributed by atoms with Gasteiger partial charge in [0.2, 0.25) is 0 Å². The van der Waals surface area contributed by atoms with E-state index in [0.29, 0.717) is 0 Å². The van der Waals surface area contributed by atoms with Crippen molar-refractivity contribution in [2.24, 2.45) is 0 Å². The molecule has 0 N–H and O–H groups in total. The Balaban J connectivity index is -0.000000149. The van der Waals surface area contributed by atoms with E-state index in [4.69, 9.17) is 9.30 Å². The molecule has 1 atom stereocenters. The fourth-order valence-electron chi connectivity index (χ4n) is 1.43. The first-order valence-corrected chi connectivity index (χ1v) is 6.13. The van der Waals surface area contributed by atoms with Crippen LogP contribution in [0.25, 0.3) is 0 Å². The Labute approximate surface area is 183 Å².